The van der Waals surface area contributed by atoms with Gasteiger partial charge in [0.25, 0.3) is 0 Å². The first-order chi connectivity index (χ1) is 7.63. The number of hydrogen-bond acceptors (Lipinski definition) is 2. The normalized spacial score (nSPS) is 20.2. The number of methoxy groups -OCH3 is 1. The number of ketones is 1. The summed E-state index contributed by atoms with van der Waals surface area (Å²) in [6.07, 6.45) is 2.46. The third-order valence-electron chi connectivity index (χ3n) is 3.14. The van der Waals surface area contributed by atoms with Crippen molar-refractivity contribution in [2.45, 2.75) is 26.2 Å². The molecule has 0 saturated carbocycles. The molecule has 16 heavy (non-hydrogen) atoms. The minimum Gasteiger partial charge on any atom is -0.496 e. The van der Waals surface area contributed by atoms with Crippen molar-refractivity contribution in [3.8, 4) is 5.75 Å². The molecule has 0 aromatic heterocycles. The topological polar surface area (TPSA) is 26.3 Å². The maximum Gasteiger partial charge on any atom is 0.165 e. The van der Waals surface area contributed by atoms with Crippen LogP contribution in [0.5, 0.6) is 5.75 Å². The molecule has 1 aliphatic carbocycles. The van der Waals surface area contributed by atoms with Crippen molar-refractivity contribution in [3.63, 3.8) is 0 Å². The minimum atomic E-state index is 0.143. The van der Waals surface area contributed by atoms with E-state index >= 15 is 0 Å². The zero-order valence-corrected chi connectivity index (χ0v) is 10.3. The van der Waals surface area contributed by atoms with E-state index < -0.39 is 0 Å². The number of hydrogen-bond donors (Lipinski definition) is 0. The van der Waals surface area contributed by atoms with Gasteiger partial charge in [-0.1, -0.05) is 18.5 Å². The highest BCUT2D eigenvalue weighted by atomic mass is 35.5. The molecule has 0 spiro atoms. The van der Waals surface area contributed by atoms with Gasteiger partial charge in [-0.15, -0.1) is 0 Å². The first-order valence-corrected chi connectivity index (χ1v) is 5.90. The molecular weight excluding hydrogens is 224 g/mol. The van der Waals surface area contributed by atoms with Gasteiger partial charge in [0, 0.05) is 17.5 Å². The van der Waals surface area contributed by atoms with E-state index in [0.717, 1.165) is 24.2 Å². The Labute approximate surface area is 101 Å². The molecule has 1 aromatic rings. The van der Waals surface area contributed by atoms with Gasteiger partial charge in [-0.2, -0.15) is 0 Å². The molecule has 0 bridgehead atoms. The molecule has 0 amide bonds. The Balaban J connectivity index is 2.57. The van der Waals surface area contributed by atoms with Crippen molar-refractivity contribution in [1.82, 2.24) is 0 Å². The smallest absolute Gasteiger partial charge is 0.165 e. The Kier molecular flexibility index (Phi) is 3.20. The molecule has 3 heteroatoms. The Morgan fingerprint density at radius 1 is 1.44 bits per heavy atom. The minimum absolute atomic E-state index is 0.143. The molecule has 1 aliphatic rings. The fourth-order valence-electron chi connectivity index (χ4n) is 2.25. The second-order valence-corrected chi connectivity index (χ2v) is 4.78. The molecule has 0 N–H and O–H groups in total. The van der Waals surface area contributed by atoms with E-state index in [1.807, 2.05) is 6.07 Å². The highest BCUT2D eigenvalue weighted by Crippen LogP contribution is 2.35. The van der Waals surface area contributed by atoms with Gasteiger partial charge in [0.2, 0.25) is 0 Å². The first kappa shape index (κ1) is 11.5. The van der Waals surface area contributed by atoms with Gasteiger partial charge in [-0.25, -0.2) is 0 Å². The molecule has 0 fully saturated rings. The molecule has 1 atom stereocenters. The highest BCUT2D eigenvalue weighted by Gasteiger charge is 2.24. The second-order valence-electron chi connectivity index (χ2n) is 4.37. The lowest BCUT2D eigenvalue weighted by Crippen LogP contribution is -2.05. The number of Topliss-reactive ketones (excluding diaryl/α,β-unsaturated/α-hetero) is 1. The van der Waals surface area contributed by atoms with Crippen LogP contribution in [0.1, 0.15) is 35.7 Å². The molecule has 0 saturated heterocycles. The van der Waals surface area contributed by atoms with Gasteiger partial charge in [0.1, 0.15) is 5.75 Å². The number of benzene rings is 1. The fourth-order valence-corrected chi connectivity index (χ4v) is 2.53. The molecule has 2 nitrogen and oxygen atoms in total. The first-order valence-electron chi connectivity index (χ1n) is 5.52. The van der Waals surface area contributed by atoms with E-state index in [0.29, 0.717) is 22.9 Å². The summed E-state index contributed by atoms with van der Waals surface area (Å²) < 4.78 is 5.30. The summed E-state index contributed by atoms with van der Waals surface area (Å²) in [5, 5.41) is 0.551. The van der Waals surface area contributed by atoms with Crippen molar-refractivity contribution in [1.29, 1.82) is 0 Å². The number of halogens is 1. The SMILES string of the molecule is COc1ccc(Cl)c2c1CCC(C)CC2=O. The van der Waals surface area contributed by atoms with Crippen molar-refractivity contribution in [3.05, 3.63) is 28.3 Å². The summed E-state index contributed by atoms with van der Waals surface area (Å²) in [5.74, 6) is 1.34. The van der Waals surface area contributed by atoms with Crippen LogP contribution in [0, 0.1) is 5.92 Å². The standard InChI is InChI=1S/C13H15ClO2/c1-8-3-4-9-12(16-2)6-5-10(14)13(9)11(15)7-8/h5-6,8H,3-4,7H2,1-2H3. The Bertz CT molecular complexity index is 426. The second kappa shape index (κ2) is 4.46. The molecule has 1 unspecified atom stereocenters. The van der Waals surface area contributed by atoms with E-state index in [2.05, 4.69) is 6.92 Å². The molecule has 0 aliphatic heterocycles. The maximum absolute atomic E-state index is 12.1. The fraction of sp³-hybridized carbons (Fsp3) is 0.462. The summed E-state index contributed by atoms with van der Waals surface area (Å²) in [6.45, 7) is 2.10. The molecule has 86 valence electrons. The molecular formula is C13H15ClO2. The number of fused-ring (bicyclic) bond motifs is 1. The number of rotatable bonds is 1. The Hall–Kier alpha value is -1.02. The van der Waals surface area contributed by atoms with Gasteiger partial charge in [-0.05, 0) is 30.9 Å². The lowest BCUT2D eigenvalue weighted by molar-refractivity contribution is 0.0967. The lowest BCUT2D eigenvalue weighted by Gasteiger charge is -2.11. The van der Waals surface area contributed by atoms with Crippen LogP contribution in [0.15, 0.2) is 12.1 Å². The maximum atomic E-state index is 12.1. The molecule has 0 heterocycles. The van der Waals surface area contributed by atoms with Crippen LogP contribution in [-0.2, 0) is 6.42 Å². The average molecular weight is 239 g/mol. The van der Waals surface area contributed by atoms with Gasteiger partial charge < -0.3 is 4.74 Å². The third-order valence-corrected chi connectivity index (χ3v) is 3.45. The van der Waals surface area contributed by atoms with Crippen molar-refractivity contribution < 1.29 is 9.53 Å². The Morgan fingerprint density at radius 2 is 2.19 bits per heavy atom. The van der Waals surface area contributed by atoms with E-state index in [1.54, 1.807) is 13.2 Å². The molecule has 2 rings (SSSR count). The summed E-state index contributed by atoms with van der Waals surface area (Å²) >= 11 is 6.11. The quantitative estimate of drug-likeness (QED) is 0.700. The zero-order valence-electron chi connectivity index (χ0n) is 9.55. The highest BCUT2D eigenvalue weighted by molar-refractivity contribution is 6.34. The predicted molar refractivity (Wildman–Crippen MR) is 64.4 cm³/mol. The average Bonchev–Trinajstić information content (AvgIpc) is 2.39. The van der Waals surface area contributed by atoms with E-state index in [4.69, 9.17) is 16.3 Å². The summed E-state index contributed by atoms with van der Waals surface area (Å²) in [4.78, 5) is 12.1. The van der Waals surface area contributed by atoms with Crippen LogP contribution in [0.4, 0.5) is 0 Å². The zero-order chi connectivity index (χ0) is 11.7. The van der Waals surface area contributed by atoms with Crippen LogP contribution in [0.3, 0.4) is 0 Å². The third kappa shape index (κ3) is 1.94. The lowest BCUT2D eigenvalue weighted by atomic mass is 10.0. The predicted octanol–water partition coefficient (Wildman–Crippen LogP) is 3.50. The largest absolute Gasteiger partial charge is 0.496 e. The van der Waals surface area contributed by atoms with Gasteiger partial charge >= 0.3 is 0 Å². The van der Waals surface area contributed by atoms with E-state index in [9.17, 15) is 4.79 Å². The van der Waals surface area contributed by atoms with E-state index in [-0.39, 0.29) is 5.78 Å². The van der Waals surface area contributed by atoms with Crippen LogP contribution >= 0.6 is 11.6 Å². The van der Waals surface area contributed by atoms with Gasteiger partial charge in [-0.3, -0.25) is 4.79 Å². The monoisotopic (exact) mass is 238 g/mol. The number of carbonyl (C=O) groups is 1. The molecule has 0 radical (unpaired) electrons. The van der Waals surface area contributed by atoms with Crippen LogP contribution in [0.2, 0.25) is 5.02 Å². The summed E-state index contributed by atoms with van der Waals surface area (Å²) in [5.41, 5.74) is 1.65. The molecule has 1 aromatic carbocycles. The van der Waals surface area contributed by atoms with E-state index in [1.165, 1.54) is 0 Å². The van der Waals surface area contributed by atoms with Crippen LogP contribution in [-0.4, -0.2) is 12.9 Å². The van der Waals surface area contributed by atoms with Crippen molar-refractivity contribution >= 4 is 17.4 Å². The number of ether oxygens (including phenoxy) is 1. The van der Waals surface area contributed by atoms with Gasteiger partial charge in [0.05, 0.1) is 12.1 Å². The summed E-state index contributed by atoms with van der Waals surface area (Å²) in [6, 6.07) is 3.58. The van der Waals surface area contributed by atoms with Crippen LogP contribution < -0.4 is 4.74 Å². The number of carbonyl (C=O) groups excluding carboxylic acids is 1. The van der Waals surface area contributed by atoms with Crippen LogP contribution in [0.25, 0.3) is 0 Å². The summed E-state index contributed by atoms with van der Waals surface area (Å²) in [7, 11) is 1.63. The Morgan fingerprint density at radius 3 is 2.88 bits per heavy atom. The van der Waals surface area contributed by atoms with Crippen molar-refractivity contribution in [2.75, 3.05) is 7.11 Å². The van der Waals surface area contributed by atoms with Gasteiger partial charge in [0.15, 0.2) is 5.78 Å². The van der Waals surface area contributed by atoms with Crippen molar-refractivity contribution in [2.24, 2.45) is 5.92 Å².